The van der Waals surface area contributed by atoms with Crippen LogP contribution >= 0.6 is 0 Å². The lowest BCUT2D eigenvalue weighted by molar-refractivity contribution is -0.111. The highest BCUT2D eigenvalue weighted by Crippen LogP contribution is 1.88. The molecule has 1 aliphatic rings. The lowest BCUT2D eigenvalue weighted by atomic mass is 10.2. The molecule has 0 spiro atoms. The third-order valence-corrected chi connectivity index (χ3v) is 1.08. The minimum Gasteiger partial charge on any atom is -0.293 e. The highest BCUT2D eigenvalue weighted by atomic mass is 16.1. The Hall–Kier alpha value is -1.38. The fourth-order valence-corrected chi connectivity index (χ4v) is 0.585. The molecule has 0 atom stereocenters. The summed E-state index contributed by atoms with van der Waals surface area (Å²) in [6.07, 6.45) is 6.87. The number of rotatable bonds is 1. The zero-order chi connectivity index (χ0) is 7.40. The molecule has 52 valence electrons. The molecule has 0 unspecified atom stereocenters. The molecule has 0 amide bonds. The van der Waals surface area contributed by atoms with Gasteiger partial charge in [0, 0.05) is 13.1 Å². The van der Waals surface area contributed by atoms with Gasteiger partial charge in [0.15, 0.2) is 5.78 Å². The molecule has 0 fully saturated rings. The number of hydrogen-bond acceptors (Lipinski definition) is 3. The van der Waals surface area contributed by atoms with Gasteiger partial charge >= 0.3 is 0 Å². The molecule has 3 heteroatoms. The quantitative estimate of drug-likeness (QED) is 0.573. The fraction of sp³-hybridized carbons (Fsp3) is 0.143. The van der Waals surface area contributed by atoms with E-state index in [1.807, 2.05) is 0 Å². The van der Waals surface area contributed by atoms with Gasteiger partial charge in [-0.25, -0.2) is 0 Å². The van der Waals surface area contributed by atoms with Gasteiger partial charge in [0.2, 0.25) is 0 Å². The first-order valence-corrected chi connectivity index (χ1v) is 2.98. The number of carbonyl (C=O) groups excluding carboxylic acids is 1. The summed E-state index contributed by atoms with van der Waals surface area (Å²) in [5, 5.41) is 3.77. The fourth-order valence-electron chi connectivity index (χ4n) is 0.585. The molecular formula is C7H8N2O. The van der Waals surface area contributed by atoms with Crippen molar-refractivity contribution in [1.82, 2.24) is 5.43 Å². The predicted molar refractivity (Wildman–Crippen MR) is 39.5 cm³/mol. The van der Waals surface area contributed by atoms with E-state index in [9.17, 15) is 4.79 Å². The van der Waals surface area contributed by atoms with Crippen LogP contribution in [0.2, 0.25) is 0 Å². The number of nitrogens with one attached hydrogen (secondary N) is 1. The van der Waals surface area contributed by atoms with Crippen LogP contribution in [0, 0.1) is 0 Å². The topological polar surface area (TPSA) is 41.5 Å². The van der Waals surface area contributed by atoms with E-state index in [-0.39, 0.29) is 5.78 Å². The van der Waals surface area contributed by atoms with Gasteiger partial charge in [-0.1, -0.05) is 6.08 Å². The molecule has 0 saturated heterocycles. The van der Waals surface area contributed by atoms with Crippen LogP contribution in [0.25, 0.3) is 0 Å². The van der Waals surface area contributed by atoms with E-state index in [4.69, 9.17) is 0 Å². The van der Waals surface area contributed by atoms with Crippen LogP contribution in [0.3, 0.4) is 0 Å². The van der Waals surface area contributed by atoms with Gasteiger partial charge in [0.1, 0.15) is 5.71 Å². The molecule has 0 aliphatic carbocycles. The van der Waals surface area contributed by atoms with E-state index in [0.29, 0.717) is 5.71 Å². The van der Waals surface area contributed by atoms with Crippen LogP contribution in [-0.4, -0.2) is 11.5 Å². The molecule has 0 saturated carbocycles. The van der Waals surface area contributed by atoms with Crippen LogP contribution in [-0.2, 0) is 4.79 Å². The second-order valence-corrected chi connectivity index (χ2v) is 1.90. The summed E-state index contributed by atoms with van der Waals surface area (Å²) < 4.78 is 0. The Morgan fingerprint density at radius 1 is 1.60 bits per heavy atom. The first kappa shape index (κ1) is 6.74. The van der Waals surface area contributed by atoms with Gasteiger partial charge in [-0.3, -0.25) is 10.2 Å². The Labute approximate surface area is 59.1 Å². The van der Waals surface area contributed by atoms with Crippen molar-refractivity contribution in [1.29, 1.82) is 0 Å². The second kappa shape index (κ2) is 2.96. The molecule has 1 aliphatic heterocycles. The second-order valence-electron chi connectivity index (χ2n) is 1.90. The SMILES string of the molecule is CC(=O)C1=NNC=CC=C1. The van der Waals surface area contributed by atoms with Crippen molar-refractivity contribution >= 4 is 11.5 Å². The van der Waals surface area contributed by atoms with E-state index in [1.165, 1.54) is 6.92 Å². The average Bonchev–Trinajstić information content (AvgIpc) is 2.12. The molecule has 1 rings (SSSR count). The van der Waals surface area contributed by atoms with Gasteiger partial charge in [-0.05, 0) is 12.2 Å². The standard InChI is InChI=1S/C7H8N2O/c1-6(10)7-4-2-3-5-8-9-7/h2-5,8H,1H3. The number of allylic oxidation sites excluding steroid dienone is 3. The number of hydrogen-bond donors (Lipinski definition) is 1. The van der Waals surface area contributed by atoms with Crippen LogP contribution < -0.4 is 5.43 Å². The molecule has 1 N–H and O–H groups in total. The Morgan fingerprint density at radius 3 is 3.10 bits per heavy atom. The van der Waals surface area contributed by atoms with Crippen molar-refractivity contribution < 1.29 is 4.79 Å². The van der Waals surface area contributed by atoms with Crippen molar-refractivity contribution in [2.24, 2.45) is 5.10 Å². The molecule has 0 aromatic rings. The third kappa shape index (κ3) is 1.55. The van der Waals surface area contributed by atoms with Crippen LogP contribution in [0.5, 0.6) is 0 Å². The summed E-state index contributed by atoms with van der Waals surface area (Å²) in [5.74, 6) is -0.0348. The van der Waals surface area contributed by atoms with Crippen molar-refractivity contribution in [3.8, 4) is 0 Å². The largest absolute Gasteiger partial charge is 0.293 e. The van der Waals surface area contributed by atoms with E-state index < -0.39 is 0 Å². The molecule has 0 radical (unpaired) electrons. The third-order valence-electron chi connectivity index (χ3n) is 1.08. The van der Waals surface area contributed by atoms with Gasteiger partial charge < -0.3 is 0 Å². The average molecular weight is 136 g/mol. The van der Waals surface area contributed by atoms with E-state index in [0.717, 1.165) is 0 Å². The highest BCUT2D eigenvalue weighted by molar-refractivity contribution is 6.43. The maximum Gasteiger partial charge on any atom is 0.179 e. The predicted octanol–water partition coefficient (Wildman–Crippen LogP) is 0.605. The lowest BCUT2D eigenvalue weighted by Crippen LogP contribution is -2.09. The summed E-state index contributed by atoms with van der Waals surface area (Å²) in [7, 11) is 0. The molecule has 0 bridgehead atoms. The normalized spacial score (nSPS) is 15.5. The van der Waals surface area contributed by atoms with Crippen LogP contribution in [0.1, 0.15) is 6.92 Å². The Kier molecular flexibility index (Phi) is 1.99. The van der Waals surface area contributed by atoms with Crippen molar-refractivity contribution in [2.75, 3.05) is 0 Å². The van der Waals surface area contributed by atoms with E-state index in [2.05, 4.69) is 10.5 Å². The maximum absolute atomic E-state index is 10.7. The zero-order valence-electron chi connectivity index (χ0n) is 5.66. The first-order valence-electron chi connectivity index (χ1n) is 2.98. The molecule has 10 heavy (non-hydrogen) atoms. The number of carbonyl (C=O) groups is 1. The summed E-state index contributed by atoms with van der Waals surface area (Å²) >= 11 is 0. The van der Waals surface area contributed by atoms with Crippen molar-refractivity contribution in [3.05, 3.63) is 24.4 Å². The molecule has 0 aromatic carbocycles. The smallest absolute Gasteiger partial charge is 0.179 e. The minimum atomic E-state index is -0.0348. The molecule has 0 aromatic heterocycles. The molecule has 1 heterocycles. The van der Waals surface area contributed by atoms with Crippen LogP contribution in [0.4, 0.5) is 0 Å². The Morgan fingerprint density at radius 2 is 2.40 bits per heavy atom. The van der Waals surface area contributed by atoms with Gasteiger partial charge in [-0.15, -0.1) is 0 Å². The van der Waals surface area contributed by atoms with Crippen LogP contribution in [0.15, 0.2) is 29.5 Å². The summed E-state index contributed by atoms with van der Waals surface area (Å²) in [6, 6.07) is 0. The Balaban J connectivity index is 2.78. The van der Waals surface area contributed by atoms with Gasteiger partial charge in [-0.2, -0.15) is 5.10 Å². The summed E-state index contributed by atoms with van der Waals surface area (Å²) in [4.78, 5) is 10.7. The van der Waals surface area contributed by atoms with E-state index >= 15 is 0 Å². The first-order chi connectivity index (χ1) is 4.80. The minimum absolute atomic E-state index is 0.0348. The van der Waals surface area contributed by atoms with Gasteiger partial charge in [0.25, 0.3) is 0 Å². The zero-order valence-corrected chi connectivity index (χ0v) is 5.66. The Bertz CT molecular complexity index is 226. The molecule has 3 nitrogen and oxygen atoms in total. The maximum atomic E-state index is 10.7. The number of nitrogens with zero attached hydrogens (tertiary/aromatic N) is 1. The monoisotopic (exact) mass is 136 g/mol. The number of Topliss-reactive ketones (excluding diaryl/α,β-unsaturated/α-hetero) is 1. The summed E-state index contributed by atoms with van der Waals surface area (Å²) in [6.45, 7) is 1.48. The summed E-state index contributed by atoms with van der Waals surface area (Å²) in [5.41, 5.74) is 3.05. The van der Waals surface area contributed by atoms with Gasteiger partial charge in [0.05, 0.1) is 0 Å². The number of ketones is 1. The lowest BCUT2D eigenvalue weighted by Gasteiger charge is -1.90. The molecular weight excluding hydrogens is 128 g/mol. The van der Waals surface area contributed by atoms with Crippen molar-refractivity contribution in [3.63, 3.8) is 0 Å². The highest BCUT2D eigenvalue weighted by Gasteiger charge is 2.00. The number of hydrazone groups is 1. The van der Waals surface area contributed by atoms with Crippen molar-refractivity contribution in [2.45, 2.75) is 6.92 Å². The van der Waals surface area contributed by atoms with E-state index in [1.54, 1.807) is 24.4 Å².